The highest BCUT2D eigenvalue weighted by Crippen LogP contribution is 2.65. The van der Waals surface area contributed by atoms with E-state index in [-0.39, 0.29) is 0 Å². The Morgan fingerprint density at radius 2 is 2.08 bits per heavy atom. The molecule has 1 heteroatoms. The van der Waals surface area contributed by atoms with Gasteiger partial charge in [0, 0.05) is 6.61 Å². The van der Waals surface area contributed by atoms with E-state index in [0.717, 1.165) is 23.7 Å². The van der Waals surface area contributed by atoms with Crippen LogP contribution in [0.1, 0.15) is 39.0 Å². The number of aliphatic hydroxyl groups is 1. The van der Waals surface area contributed by atoms with Crippen molar-refractivity contribution in [3.05, 3.63) is 0 Å². The molecule has 0 radical (unpaired) electrons. The molecule has 5 unspecified atom stereocenters. The molecule has 3 aliphatic carbocycles. The lowest BCUT2D eigenvalue weighted by Gasteiger charge is -2.39. The third-order valence-corrected chi connectivity index (χ3v) is 5.29. The second-order valence-electron chi connectivity index (χ2n) is 5.88. The molecule has 0 amide bonds. The van der Waals surface area contributed by atoms with Crippen LogP contribution in [0.15, 0.2) is 0 Å². The third kappa shape index (κ3) is 0.918. The van der Waals surface area contributed by atoms with Gasteiger partial charge in [0.2, 0.25) is 0 Å². The summed E-state index contributed by atoms with van der Waals surface area (Å²) in [6.45, 7) is 2.74. The Morgan fingerprint density at radius 1 is 1.31 bits per heavy atom. The van der Waals surface area contributed by atoms with Crippen molar-refractivity contribution < 1.29 is 5.11 Å². The van der Waals surface area contributed by atoms with E-state index < -0.39 is 0 Å². The largest absolute Gasteiger partial charge is 0.396 e. The van der Waals surface area contributed by atoms with Crippen molar-refractivity contribution in [2.45, 2.75) is 39.0 Å². The van der Waals surface area contributed by atoms with Gasteiger partial charge >= 0.3 is 0 Å². The van der Waals surface area contributed by atoms with Crippen LogP contribution in [-0.2, 0) is 0 Å². The topological polar surface area (TPSA) is 20.2 Å². The first-order valence-corrected chi connectivity index (χ1v) is 5.85. The minimum Gasteiger partial charge on any atom is -0.396 e. The van der Waals surface area contributed by atoms with E-state index in [0.29, 0.717) is 12.0 Å². The SMILES string of the molecule is CC1(CO)CC2CC1C1CCCC21. The van der Waals surface area contributed by atoms with Gasteiger partial charge in [0.15, 0.2) is 0 Å². The summed E-state index contributed by atoms with van der Waals surface area (Å²) in [5.41, 5.74) is 0.302. The molecule has 0 aromatic heterocycles. The molecule has 0 aromatic rings. The zero-order valence-electron chi connectivity index (χ0n) is 8.50. The summed E-state index contributed by atoms with van der Waals surface area (Å²) in [5.74, 6) is 3.91. The lowest BCUT2D eigenvalue weighted by molar-refractivity contribution is 0.0370. The van der Waals surface area contributed by atoms with E-state index in [1.807, 2.05) is 0 Å². The fraction of sp³-hybridized carbons (Fsp3) is 1.00. The highest BCUT2D eigenvalue weighted by atomic mass is 16.3. The standard InChI is InChI=1S/C12H20O/c1-12(7-13)6-8-5-11(12)10-4-2-3-9(8)10/h8-11,13H,2-7H2,1H3. The monoisotopic (exact) mass is 180 g/mol. The first-order chi connectivity index (χ1) is 6.24. The highest BCUT2D eigenvalue weighted by molar-refractivity contribution is 5.07. The van der Waals surface area contributed by atoms with Gasteiger partial charge in [-0.15, -0.1) is 0 Å². The lowest BCUT2D eigenvalue weighted by Crippen LogP contribution is -2.35. The van der Waals surface area contributed by atoms with Crippen LogP contribution in [0.3, 0.4) is 0 Å². The number of hydrogen-bond donors (Lipinski definition) is 1. The van der Waals surface area contributed by atoms with Crippen LogP contribution < -0.4 is 0 Å². The van der Waals surface area contributed by atoms with E-state index in [1.54, 1.807) is 0 Å². The zero-order chi connectivity index (χ0) is 9.05. The first-order valence-electron chi connectivity index (χ1n) is 5.85. The Hall–Kier alpha value is -0.0400. The maximum absolute atomic E-state index is 9.47. The molecule has 0 aliphatic heterocycles. The van der Waals surface area contributed by atoms with Gasteiger partial charge in [0.25, 0.3) is 0 Å². The van der Waals surface area contributed by atoms with E-state index in [1.165, 1.54) is 32.1 Å². The van der Waals surface area contributed by atoms with Gasteiger partial charge in [-0.1, -0.05) is 13.3 Å². The summed E-state index contributed by atoms with van der Waals surface area (Å²) in [6.07, 6.45) is 7.17. The molecule has 3 aliphatic rings. The molecule has 1 N–H and O–H groups in total. The Kier molecular flexibility index (Phi) is 1.59. The molecule has 5 atom stereocenters. The molecule has 3 fully saturated rings. The molecule has 0 aromatic carbocycles. The third-order valence-electron chi connectivity index (χ3n) is 5.29. The molecule has 13 heavy (non-hydrogen) atoms. The van der Waals surface area contributed by atoms with Gasteiger partial charge in [-0.05, 0) is 54.8 Å². The van der Waals surface area contributed by atoms with Crippen LogP contribution in [-0.4, -0.2) is 11.7 Å². The molecule has 1 nitrogen and oxygen atoms in total. The second-order valence-corrected chi connectivity index (χ2v) is 5.88. The quantitative estimate of drug-likeness (QED) is 0.657. The average molecular weight is 180 g/mol. The first kappa shape index (κ1) is 8.28. The predicted molar refractivity (Wildman–Crippen MR) is 52.2 cm³/mol. The van der Waals surface area contributed by atoms with Crippen molar-refractivity contribution >= 4 is 0 Å². The summed E-state index contributed by atoms with van der Waals surface area (Å²) in [4.78, 5) is 0. The Morgan fingerprint density at radius 3 is 2.85 bits per heavy atom. The molecule has 3 rings (SSSR count). The van der Waals surface area contributed by atoms with Crippen molar-refractivity contribution in [2.75, 3.05) is 6.61 Å². The second kappa shape index (κ2) is 2.50. The van der Waals surface area contributed by atoms with Gasteiger partial charge in [-0.25, -0.2) is 0 Å². The van der Waals surface area contributed by atoms with Crippen LogP contribution in [0.25, 0.3) is 0 Å². The van der Waals surface area contributed by atoms with E-state index >= 15 is 0 Å². The van der Waals surface area contributed by atoms with Crippen LogP contribution in [0, 0.1) is 29.1 Å². The van der Waals surface area contributed by atoms with Gasteiger partial charge in [0.1, 0.15) is 0 Å². The normalized spacial score (nSPS) is 58.6. The van der Waals surface area contributed by atoms with Crippen LogP contribution in [0.4, 0.5) is 0 Å². The number of fused-ring (bicyclic) bond motifs is 5. The predicted octanol–water partition coefficient (Wildman–Crippen LogP) is 2.44. The molecule has 0 saturated heterocycles. The van der Waals surface area contributed by atoms with Crippen molar-refractivity contribution in [2.24, 2.45) is 29.1 Å². The molecule has 0 heterocycles. The highest BCUT2D eigenvalue weighted by Gasteiger charge is 2.58. The molecular weight excluding hydrogens is 160 g/mol. The summed E-state index contributed by atoms with van der Waals surface area (Å²) in [5, 5.41) is 9.47. The Bertz CT molecular complexity index is 225. The van der Waals surface area contributed by atoms with Crippen LogP contribution >= 0.6 is 0 Å². The fourth-order valence-electron chi connectivity index (χ4n) is 4.75. The van der Waals surface area contributed by atoms with Gasteiger partial charge in [-0.3, -0.25) is 0 Å². The summed E-state index contributed by atoms with van der Waals surface area (Å²) >= 11 is 0. The molecule has 2 bridgehead atoms. The van der Waals surface area contributed by atoms with Gasteiger partial charge in [0.05, 0.1) is 0 Å². The van der Waals surface area contributed by atoms with Crippen molar-refractivity contribution in [1.82, 2.24) is 0 Å². The molecular formula is C12H20O. The maximum atomic E-state index is 9.47. The molecule has 74 valence electrons. The molecule has 3 saturated carbocycles. The van der Waals surface area contributed by atoms with Crippen molar-refractivity contribution in [1.29, 1.82) is 0 Å². The minimum atomic E-state index is 0.302. The van der Waals surface area contributed by atoms with Crippen molar-refractivity contribution in [3.8, 4) is 0 Å². The number of rotatable bonds is 1. The zero-order valence-corrected chi connectivity index (χ0v) is 8.50. The summed E-state index contributed by atoms with van der Waals surface area (Å²) < 4.78 is 0. The van der Waals surface area contributed by atoms with Crippen molar-refractivity contribution in [3.63, 3.8) is 0 Å². The van der Waals surface area contributed by atoms with Crippen LogP contribution in [0.2, 0.25) is 0 Å². The Labute approximate surface area is 80.5 Å². The fourth-order valence-corrected chi connectivity index (χ4v) is 4.75. The maximum Gasteiger partial charge on any atom is 0.0487 e. The van der Waals surface area contributed by atoms with Crippen LogP contribution in [0.5, 0.6) is 0 Å². The van der Waals surface area contributed by atoms with E-state index in [4.69, 9.17) is 0 Å². The smallest absolute Gasteiger partial charge is 0.0487 e. The minimum absolute atomic E-state index is 0.302. The van der Waals surface area contributed by atoms with Gasteiger partial charge < -0.3 is 5.11 Å². The number of aliphatic hydroxyl groups excluding tert-OH is 1. The van der Waals surface area contributed by atoms with E-state index in [2.05, 4.69) is 6.92 Å². The van der Waals surface area contributed by atoms with E-state index in [9.17, 15) is 5.11 Å². The summed E-state index contributed by atoms with van der Waals surface area (Å²) in [6, 6.07) is 0. The van der Waals surface area contributed by atoms with Gasteiger partial charge in [-0.2, -0.15) is 0 Å². The Balaban J connectivity index is 1.89. The summed E-state index contributed by atoms with van der Waals surface area (Å²) in [7, 11) is 0. The molecule has 0 spiro atoms. The lowest BCUT2D eigenvalue weighted by atomic mass is 9.67. The number of hydrogen-bond acceptors (Lipinski definition) is 1. The average Bonchev–Trinajstić information content (AvgIpc) is 2.72.